The van der Waals surface area contributed by atoms with Gasteiger partial charge < -0.3 is 10.4 Å². The van der Waals surface area contributed by atoms with Crippen molar-refractivity contribution in [3.63, 3.8) is 0 Å². The smallest absolute Gasteiger partial charge is 0.475 e. The number of aliphatic carboxylic acids is 1. The molecule has 0 aliphatic carbocycles. The van der Waals surface area contributed by atoms with E-state index in [1.165, 1.54) is 24.3 Å². The van der Waals surface area contributed by atoms with Crippen molar-refractivity contribution in [1.29, 1.82) is 0 Å². The first-order valence-electron chi connectivity index (χ1n) is 8.84. The number of hydrogen-bond donors (Lipinski definition) is 2. The minimum Gasteiger partial charge on any atom is -0.475 e. The van der Waals surface area contributed by atoms with Gasteiger partial charge in [0, 0.05) is 23.7 Å². The number of imide groups is 1. The van der Waals surface area contributed by atoms with Crippen LogP contribution in [0.2, 0.25) is 0 Å². The Morgan fingerprint density at radius 3 is 2.03 bits per heavy atom. The maximum atomic E-state index is 12.8. The van der Waals surface area contributed by atoms with Gasteiger partial charge in [-0.25, -0.2) is 14.5 Å². The molecule has 1 saturated heterocycles. The first-order valence-corrected chi connectivity index (χ1v) is 9.65. The summed E-state index contributed by atoms with van der Waals surface area (Å²) in [5, 5.41) is 9.79. The topological polar surface area (TPSA) is 99.6 Å². The first kappa shape index (κ1) is 26.0. The summed E-state index contributed by atoms with van der Waals surface area (Å²) in [6.45, 7) is 1.61. The monoisotopic (exact) mass is 495 g/mol. The molecule has 1 aliphatic heterocycles. The van der Waals surface area contributed by atoms with Crippen LogP contribution < -0.4 is 10.2 Å². The zero-order valence-electron chi connectivity index (χ0n) is 16.6. The van der Waals surface area contributed by atoms with Crippen molar-refractivity contribution < 1.29 is 45.8 Å². The number of carbonyl (C=O) groups excluding carboxylic acids is 2. The van der Waals surface area contributed by atoms with E-state index in [4.69, 9.17) is 9.90 Å². The highest BCUT2D eigenvalue weighted by Gasteiger charge is 2.48. The number of aromatic nitrogens is 1. The number of anilines is 1. The number of pyridine rings is 1. The van der Waals surface area contributed by atoms with Gasteiger partial charge in [-0.05, 0) is 60.6 Å². The number of rotatable bonds is 4. The van der Waals surface area contributed by atoms with E-state index in [2.05, 4.69) is 10.3 Å². The fraction of sp³-hybridized carbons (Fsp3) is 0.263. The van der Waals surface area contributed by atoms with Gasteiger partial charge in [0.15, 0.2) is 0 Å². The normalized spacial score (nSPS) is 18.5. The number of nitrogens with one attached hydrogen (secondary N) is 1. The Hall–Kier alpha value is -3.29. The van der Waals surface area contributed by atoms with Gasteiger partial charge >= 0.3 is 23.7 Å². The van der Waals surface area contributed by atoms with E-state index in [1.807, 2.05) is 0 Å². The molecule has 3 rings (SSSR count). The van der Waals surface area contributed by atoms with Crippen LogP contribution in [0.25, 0.3) is 0 Å². The SMILES string of the molecule is C[C@@]1(Cc2ccncc2)NC(=O)N(c2ccc(SC(F)(F)F)cc2)C1=O.O=C(O)C(F)(F)F. The molecule has 0 spiro atoms. The number of urea groups is 1. The highest BCUT2D eigenvalue weighted by atomic mass is 32.2. The van der Waals surface area contributed by atoms with Gasteiger partial charge in [-0.2, -0.15) is 26.3 Å². The molecule has 1 fully saturated rings. The molecule has 0 bridgehead atoms. The second-order valence-electron chi connectivity index (χ2n) is 6.78. The van der Waals surface area contributed by atoms with Gasteiger partial charge in [0.05, 0.1) is 5.69 Å². The minimum absolute atomic E-state index is 0.0205. The molecular weight excluding hydrogens is 480 g/mol. The van der Waals surface area contributed by atoms with E-state index < -0.39 is 35.1 Å². The highest BCUT2D eigenvalue weighted by Crippen LogP contribution is 2.38. The molecule has 178 valence electrons. The lowest BCUT2D eigenvalue weighted by Gasteiger charge is -2.21. The van der Waals surface area contributed by atoms with E-state index in [0.717, 1.165) is 10.5 Å². The largest absolute Gasteiger partial charge is 0.490 e. The summed E-state index contributed by atoms with van der Waals surface area (Å²) in [6, 6.07) is 7.99. The van der Waals surface area contributed by atoms with Crippen LogP contribution in [-0.4, -0.2) is 45.2 Å². The molecule has 2 N–H and O–H groups in total. The van der Waals surface area contributed by atoms with Gasteiger partial charge in [-0.15, -0.1) is 0 Å². The third-order valence-corrected chi connectivity index (χ3v) is 4.88. The third kappa shape index (κ3) is 7.10. The number of carboxylic acid groups (broad SMARTS) is 1. The van der Waals surface area contributed by atoms with Crippen LogP contribution in [0.15, 0.2) is 53.7 Å². The van der Waals surface area contributed by atoms with Crippen molar-refractivity contribution in [2.45, 2.75) is 35.5 Å². The standard InChI is InChI=1S/C17H14F3N3O2S.C2HF3O2/c1-16(10-11-6-8-21-9-7-11)14(24)23(15(25)22-16)12-2-4-13(5-3-12)26-17(18,19)20;3-2(4,5)1(6)7/h2-9H,10H2,1H3,(H,22,25);(H,6,7)/t16-;/m0./s1. The quantitative estimate of drug-likeness (QED) is 0.371. The number of hydrogen-bond acceptors (Lipinski definition) is 5. The molecule has 14 heteroatoms. The summed E-state index contributed by atoms with van der Waals surface area (Å²) in [5.74, 6) is -3.22. The van der Waals surface area contributed by atoms with Gasteiger partial charge in [-0.3, -0.25) is 9.78 Å². The second kappa shape index (κ2) is 9.68. The lowest BCUT2D eigenvalue weighted by atomic mass is 9.93. The molecule has 1 aromatic carbocycles. The van der Waals surface area contributed by atoms with Gasteiger partial charge in [-0.1, -0.05) is 0 Å². The van der Waals surface area contributed by atoms with Crippen LogP contribution in [-0.2, 0) is 16.0 Å². The van der Waals surface area contributed by atoms with Gasteiger partial charge in [0.25, 0.3) is 5.91 Å². The molecule has 33 heavy (non-hydrogen) atoms. The average molecular weight is 495 g/mol. The van der Waals surface area contributed by atoms with E-state index in [0.29, 0.717) is 0 Å². The molecular formula is C19H15F6N3O4S. The minimum atomic E-state index is -5.08. The number of thioether (sulfide) groups is 1. The Morgan fingerprint density at radius 1 is 1.06 bits per heavy atom. The van der Waals surface area contributed by atoms with Gasteiger partial charge in [0.1, 0.15) is 5.54 Å². The molecule has 1 atom stereocenters. The molecule has 0 saturated carbocycles. The van der Waals surface area contributed by atoms with Crippen molar-refractivity contribution in [1.82, 2.24) is 10.3 Å². The number of carboxylic acids is 1. The van der Waals surface area contributed by atoms with Gasteiger partial charge in [0.2, 0.25) is 0 Å². The number of nitrogens with zero attached hydrogens (tertiary/aromatic N) is 2. The Balaban J connectivity index is 0.000000479. The molecule has 1 aromatic heterocycles. The predicted molar refractivity (Wildman–Crippen MR) is 104 cm³/mol. The molecule has 3 amide bonds. The van der Waals surface area contributed by atoms with Crippen LogP contribution in [0.5, 0.6) is 0 Å². The van der Waals surface area contributed by atoms with Crippen LogP contribution >= 0.6 is 11.8 Å². The Labute approximate surface area is 186 Å². The Kier molecular flexibility index (Phi) is 7.62. The highest BCUT2D eigenvalue weighted by molar-refractivity contribution is 8.00. The summed E-state index contributed by atoms with van der Waals surface area (Å²) in [5.41, 5.74) is -4.49. The zero-order chi connectivity index (χ0) is 25.0. The van der Waals surface area contributed by atoms with Crippen molar-refractivity contribution in [3.05, 3.63) is 54.4 Å². The predicted octanol–water partition coefficient (Wildman–Crippen LogP) is 4.38. The molecule has 0 unspecified atom stereocenters. The lowest BCUT2D eigenvalue weighted by molar-refractivity contribution is -0.192. The van der Waals surface area contributed by atoms with Crippen LogP contribution in [0.3, 0.4) is 0 Å². The summed E-state index contributed by atoms with van der Waals surface area (Å²) in [7, 11) is 0. The Bertz CT molecular complexity index is 1010. The van der Waals surface area contributed by atoms with Crippen molar-refractivity contribution >= 4 is 35.4 Å². The maximum absolute atomic E-state index is 12.8. The summed E-state index contributed by atoms with van der Waals surface area (Å²) in [6.07, 6.45) is -1.62. The summed E-state index contributed by atoms with van der Waals surface area (Å²) in [4.78, 5) is 38.8. The number of benzene rings is 1. The summed E-state index contributed by atoms with van der Waals surface area (Å²) < 4.78 is 69.0. The molecule has 0 radical (unpaired) electrons. The number of amides is 3. The van der Waals surface area contributed by atoms with E-state index in [1.54, 1.807) is 31.5 Å². The maximum Gasteiger partial charge on any atom is 0.490 e. The summed E-state index contributed by atoms with van der Waals surface area (Å²) >= 11 is -0.255. The molecule has 2 aromatic rings. The molecule has 1 aliphatic rings. The van der Waals surface area contributed by atoms with E-state index in [-0.39, 0.29) is 28.8 Å². The zero-order valence-corrected chi connectivity index (χ0v) is 17.4. The third-order valence-electron chi connectivity index (χ3n) is 4.14. The fourth-order valence-corrected chi connectivity index (χ4v) is 3.28. The average Bonchev–Trinajstić information content (AvgIpc) is 2.90. The van der Waals surface area contributed by atoms with Crippen molar-refractivity contribution in [3.8, 4) is 0 Å². The fourth-order valence-electron chi connectivity index (χ4n) is 2.74. The number of carbonyl (C=O) groups is 3. The van der Waals surface area contributed by atoms with Crippen LogP contribution in [0, 0.1) is 0 Å². The van der Waals surface area contributed by atoms with Crippen LogP contribution in [0.1, 0.15) is 12.5 Å². The molecule has 7 nitrogen and oxygen atoms in total. The second-order valence-corrected chi connectivity index (χ2v) is 7.92. The van der Waals surface area contributed by atoms with Crippen molar-refractivity contribution in [2.24, 2.45) is 0 Å². The first-order chi connectivity index (χ1) is 15.1. The van der Waals surface area contributed by atoms with Crippen molar-refractivity contribution in [2.75, 3.05) is 4.90 Å². The number of alkyl halides is 6. The Morgan fingerprint density at radius 2 is 1.58 bits per heavy atom. The number of halogens is 6. The lowest BCUT2D eigenvalue weighted by Crippen LogP contribution is -2.46. The van der Waals surface area contributed by atoms with Crippen LogP contribution in [0.4, 0.5) is 36.8 Å². The molecule has 2 heterocycles. The van der Waals surface area contributed by atoms with E-state index in [9.17, 15) is 35.9 Å². The van der Waals surface area contributed by atoms with E-state index >= 15 is 0 Å².